The van der Waals surface area contributed by atoms with E-state index in [0.29, 0.717) is 10.0 Å². The van der Waals surface area contributed by atoms with Crippen molar-refractivity contribution in [1.29, 1.82) is 0 Å². The fraction of sp³-hybridized carbons (Fsp3) is 0.250. The van der Waals surface area contributed by atoms with E-state index in [1.54, 1.807) is 7.11 Å². The van der Waals surface area contributed by atoms with E-state index in [0.717, 1.165) is 23.4 Å². The van der Waals surface area contributed by atoms with E-state index in [4.69, 9.17) is 27.9 Å². The zero-order valence-corrected chi connectivity index (χ0v) is 13.0. The largest absolute Gasteiger partial charge is 0.495 e. The van der Waals surface area contributed by atoms with Crippen molar-refractivity contribution >= 4 is 28.9 Å². The highest BCUT2D eigenvalue weighted by molar-refractivity contribution is 6.42. The molecule has 0 aromatic heterocycles. The third kappa shape index (κ3) is 3.38. The molecule has 0 bridgehead atoms. The highest BCUT2D eigenvalue weighted by Gasteiger charge is 2.12. The van der Waals surface area contributed by atoms with Gasteiger partial charge in [-0.1, -0.05) is 48.3 Å². The molecule has 106 valence electrons. The lowest BCUT2D eigenvalue weighted by Crippen LogP contribution is -2.10. The van der Waals surface area contributed by atoms with Crippen LogP contribution in [-0.2, 0) is 0 Å². The standard InChI is InChI=1S/C16H17Cl2NO/c1-3-14(11-8-9-12(17)13(18)10-11)19-15-6-4-5-7-16(15)20-2/h4-10,14,19H,3H2,1-2H3. The van der Waals surface area contributed by atoms with Gasteiger partial charge >= 0.3 is 0 Å². The summed E-state index contributed by atoms with van der Waals surface area (Å²) in [7, 11) is 1.67. The number of benzene rings is 2. The Morgan fingerprint density at radius 3 is 2.50 bits per heavy atom. The molecule has 20 heavy (non-hydrogen) atoms. The van der Waals surface area contributed by atoms with Gasteiger partial charge in [-0.05, 0) is 36.2 Å². The van der Waals surface area contributed by atoms with Crippen LogP contribution in [0.3, 0.4) is 0 Å². The summed E-state index contributed by atoms with van der Waals surface area (Å²) < 4.78 is 5.36. The fourth-order valence-electron chi connectivity index (χ4n) is 2.10. The second-order valence-corrected chi connectivity index (χ2v) is 5.29. The van der Waals surface area contributed by atoms with Gasteiger partial charge in [-0.3, -0.25) is 0 Å². The van der Waals surface area contributed by atoms with Crippen LogP contribution in [0.15, 0.2) is 42.5 Å². The van der Waals surface area contributed by atoms with Gasteiger partial charge in [0.1, 0.15) is 5.75 Å². The summed E-state index contributed by atoms with van der Waals surface area (Å²) in [6.45, 7) is 2.12. The number of hydrogen-bond acceptors (Lipinski definition) is 2. The first-order chi connectivity index (χ1) is 9.65. The highest BCUT2D eigenvalue weighted by Crippen LogP contribution is 2.32. The van der Waals surface area contributed by atoms with E-state index in [2.05, 4.69) is 12.2 Å². The molecule has 4 heteroatoms. The smallest absolute Gasteiger partial charge is 0.141 e. The molecule has 0 aliphatic heterocycles. The van der Waals surface area contributed by atoms with E-state index in [-0.39, 0.29) is 6.04 Å². The van der Waals surface area contributed by atoms with Crippen molar-refractivity contribution in [2.24, 2.45) is 0 Å². The summed E-state index contributed by atoms with van der Waals surface area (Å²) >= 11 is 12.1. The first-order valence-electron chi connectivity index (χ1n) is 6.50. The summed E-state index contributed by atoms with van der Waals surface area (Å²) in [6, 6.07) is 13.7. The Bertz CT molecular complexity index is 586. The maximum Gasteiger partial charge on any atom is 0.141 e. The molecular weight excluding hydrogens is 293 g/mol. The molecule has 0 aliphatic carbocycles. The van der Waals surface area contributed by atoms with Crippen LogP contribution in [-0.4, -0.2) is 7.11 Å². The number of para-hydroxylation sites is 2. The van der Waals surface area contributed by atoms with Crippen molar-refractivity contribution in [3.63, 3.8) is 0 Å². The topological polar surface area (TPSA) is 21.3 Å². The monoisotopic (exact) mass is 309 g/mol. The Labute approximate surface area is 129 Å². The number of hydrogen-bond donors (Lipinski definition) is 1. The van der Waals surface area contributed by atoms with Crippen LogP contribution < -0.4 is 10.1 Å². The van der Waals surface area contributed by atoms with Crippen LogP contribution in [0, 0.1) is 0 Å². The summed E-state index contributed by atoms with van der Waals surface area (Å²) in [5.74, 6) is 0.825. The number of halogens is 2. The molecule has 1 atom stereocenters. The van der Waals surface area contributed by atoms with Crippen LogP contribution in [0.25, 0.3) is 0 Å². The van der Waals surface area contributed by atoms with Gasteiger partial charge in [0.2, 0.25) is 0 Å². The Hall–Kier alpha value is -1.38. The Balaban J connectivity index is 2.26. The fourth-order valence-corrected chi connectivity index (χ4v) is 2.41. The molecule has 0 fully saturated rings. The number of anilines is 1. The zero-order chi connectivity index (χ0) is 14.5. The summed E-state index contributed by atoms with van der Waals surface area (Å²) in [5.41, 5.74) is 2.07. The summed E-state index contributed by atoms with van der Waals surface area (Å²) in [6.07, 6.45) is 0.927. The first kappa shape index (κ1) is 15.0. The van der Waals surface area contributed by atoms with E-state index < -0.39 is 0 Å². The van der Waals surface area contributed by atoms with Gasteiger partial charge in [0.25, 0.3) is 0 Å². The minimum Gasteiger partial charge on any atom is -0.495 e. The molecule has 0 saturated carbocycles. The summed E-state index contributed by atoms with van der Waals surface area (Å²) in [4.78, 5) is 0. The normalized spacial score (nSPS) is 12.0. The molecular formula is C16H17Cl2NO. The molecule has 0 heterocycles. The number of methoxy groups -OCH3 is 1. The number of rotatable bonds is 5. The minimum atomic E-state index is 0.154. The molecule has 2 nitrogen and oxygen atoms in total. The first-order valence-corrected chi connectivity index (χ1v) is 7.25. The van der Waals surface area contributed by atoms with Crippen molar-refractivity contribution < 1.29 is 4.74 Å². The van der Waals surface area contributed by atoms with Gasteiger partial charge in [-0.25, -0.2) is 0 Å². The van der Waals surface area contributed by atoms with E-state index in [1.165, 1.54) is 0 Å². The number of ether oxygens (including phenoxy) is 1. The molecule has 2 aromatic rings. The predicted molar refractivity (Wildman–Crippen MR) is 86.1 cm³/mol. The van der Waals surface area contributed by atoms with Crippen LogP contribution in [0.5, 0.6) is 5.75 Å². The van der Waals surface area contributed by atoms with E-state index >= 15 is 0 Å². The van der Waals surface area contributed by atoms with Gasteiger partial charge in [-0.15, -0.1) is 0 Å². The molecule has 0 amide bonds. The maximum atomic E-state index is 6.09. The minimum absolute atomic E-state index is 0.154. The molecule has 2 aromatic carbocycles. The average Bonchev–Trinajstić information content (AvgIpc) is 2.48. The van der Waals surface area contributed by atoms with Gasteiger partial charge in [-0.2, -0.15) is 0 Å². The van der Waals surface area contributed by atoms with Gasteiger partial charge in [0.05, 0.1) is 28.9 Å². The van der Waals surface area contributed by atoms with Crippen molar-refractivity contribution in [1.82, 2.24) is 0 Å². The van der Waals surface area contributed by atoms with Crippen LogP contribution in [0.1, 0.15) is 24.9 Å². The van der Waals surface area contributed by atoms with Gasteiger partial charge < -0.3 is 10.1 Å². The van der Waals surface area contributed by atoms with E-state index in [1.807, 2.05) is 42.5 Å². The molecule has 1 N–H and O–H groups in total. The third-order valence-electron chi connectivity index (χ3n) is 3.19. The Morgan fingerprint density at radius 2 is 1.85 bits per heavy atom. The Kier molecular flexibility index (Phi) is 5.16. The lowest BCUT2D eigenvalue weighted by Gasteiger charge is -2.20. The van der Waals surface area contributed by atoms with Crippen molar-refractivity contribution in [3.05, 3.63) is 58.1 Å². The zero-order valence-electron chi connectivity index (χ0n) is 11.5. The number of nitrogens with one attached hydrogen (secondary N) is 1. The second kappa shape index (κ2) is 6.87. The van der Waals surface area contributed by atoms with Gasteiger partial charge in [0, 0.05) is 0 Å². The van der Waals surface area contributed by atoms with Crippen LogP contribution in [0.4, 0.5) is 5.69 Å². The lowest BCUT2D eigenvalue weighted by atomic mass is 10.0. The molecule has 2 rings (SSSR count). The Morgan fingerprint density at radius 1 is 1.10 bits per heavy atom. The maximum absolute atomic E-state index is 6.09. The second-order valence-electron chi connectivity index (χ2n) is 4.48. The molecule has 0 saturated heterocycles. The van der Waals surface area contributed by atoms with Crippen LogP contribution >= 0.6 is 23.2 Å². The van der Waals surface area contributed by atoms with E-state index in [9.17, 15) is 0 Å². The highest BCUT2D eigenvalue weighted by atomic mass is 35.5. The third-order valence-corrected chi connectivity index (χ3v) is 3.93. The van der Waals surface area contributed by atoms with Crippen molar-refractivity contribution in [2.45, 2.75) is 19.4 Å². The van der Waals surface area contributed by atoms with Crippen LogP contribution in [0.2, 0.25) is 10.0 Å². The SMILES string of the molecule is CCC(Nc1ccccc1OC)c1ccc(Cl)c(Cl)c1. The molecule has 0 radical (unpaired) electrons. The summed E-state index contributed by atoms with van der Waals surface area (Å²) in [5, 5.41) is 4.63. The predicted octanol–water partition coefficient (Wildman–Crippen LogP) is 5.57. The molecule has 0 spiro atoms. The van der Waals surface area contributed by atoms with Crippen molar-refractivity contribution in [2.75, 3.05) is 12.4 Å². The molecule has 1 unspecified atom stereocenters. The van der Waals surface area contributed by atoms with Crippen molar-refractivity contribution in [3.8, 4) is 5.75 Å². The van der Waals surface area contributed by atoms with Gasteiger partial charge in [0.15, 0.2) is 0 Å². The average molecular weight is 310 g/mol. The lowest BCUT2D eigenvalue weighted by molar-refractivity contribution is 0.416. The molecule has 0 aliphatic rings. The quantitative estimate of drug-likeness (QED) is 0.780.